The summed E-state index contributed by atoms with van der Waals surface area (Å²) in [6, 6.07) is 0. The molecule has 0 aromatic rings. The van der Waals surface area contributed by atoms with Crippen molar-refractivity contribution in [2.24, 2.45) is 0 Å². The Bertz CT molecular complexity index is 648. The number of rotatable bonds is 10. The van der Waals surface area contributed by atoms with Crippen molar-refractivity contribution >= 4 is 25.8 Å². The lowest BCUT2D eigenvalue weighted by Gasteiger charge is -2.30. The molecule has 2 heterocycles. The molecule has 0 aromatic heterocycles. The van der Waals surface area contributed by atoms with E-state index in [1.807, 2.05) is 0 Å². The molecule has 0 unspecified atom stereocenters. The summed E-state index contributed by atoms with van der Waals surface area (Å²) in [5.74, 6) is -1.52. The van der Waals surface area contributed by atoms with Gasteiger partial charge in [0, 0.05) is 0 Å². The number of hydrogen-bond donors (Lipinski definition) is 0. The molecule has 150 valence electrons. The number of amides is 2. The Balaban J connectivity index is 2.33. The van der Waals surface area contributed by atoms with E-state index in [0.29, 0.717) is 6.42 Å². The third-order valence-corrected chi connectivity index (χ3v) is 5.73. The molecule has 2 fully saturated rings. The van der Waals surface area contributed by atoms with E-state index in [9.17, 15) is 18.9 Å². The molecule has 2 rings (SSSR count). The zero-order chi connectivity index (χ0) is 19.9. The molecule has 2 aliphatic rings. The Morgan fingerprint density at radius 1 is 1.22 bits per heavy atom. The molecular formula is C15H21N2O9P. The summed E-state index contributed by atoms with van der Waals surface area (Å²) < 4.78 is 40.1. The molecular weight excluding hydrogens is 383 g/mol. The maximum Gasteiger partial charge on any atom is 0.459 e. The van der Waals surface area contributed by atoms with E-state index in [1.54, 1.807) is 6.92 Å². The fourth-order valence-electron chi connectivity index (χ4n) is 2.15. The van der Waals surface area contributed by atoms with Crippen molar-refractivity contribution in [2.75, 3.05) is 39.5 Å². The highest BCUT2D eigenvalue weighted by Gasteiger charge is 2.52. The monoisotopic (exact) mass is 404 g/mol. The molecule has 0 aliphatic carbocycles. The molecule has 0 spiro atoms. The Hall–Kier alpha value is -2.68. The van der Waals surface area contributed by atoms with Crippen LogP contribution >= 0.6 is 7.67 Å². The van der Waals surface area contributed by atoms with E-state index < -0.39 is 31.6 Å². The Kier molecular flexibility index (Phi) is 7.12. The first-order valence-corrected chi connectivity index (χ1v) is 9.76. The number of cyclic esters (lactones) is 2. The molecule has 0 aromatic carbocycles. The molecule has 0 bridgehead atoms. The van der Waals surface area contributed by atoms with Gasteiger partial charge in [-0.05, 0) is 6.42 Å². The first kappa shape index (κ1) is 20.6. The van der Waals surface area contributed by atoms with Crippen LogP contribution in [0.3, 0.4) is 0 Å². The van der Waals surface area contributed by atoms with Gasteiger partial charge in [-0.25, -0.2) is 28.3 Å². The highest BCUT2D eigenvalue weighted by atomic mass is 31.2. The molecule has 2 amide bonds. The zero-order valence-corrected chi connectivity index (χ0v) is 15.7. The number of hydrogen-bond acceptors (Lipinski definition) is 9. The maximum atomic E-state index is 13.6. The fraction of sp³-hybridized carbons (Fsp3) is 0.533. The van der Waals surface area contributed by atoms with Gasteiger partial charge in [0.2, 0.25) is 5.76 Å². The molecule has 11 nitrogen and oxygen atoms in total. The van der Waals surface area contributed by atoms with Gasteiger partial charge >= 0.3 is 25.8 Å². The second kappa shape index (κ2) is 9.31. The highest BCUT2D eigenvalue weighted by Crippen LogP contribution is 2.58. The fourth-order valence-corrected chi connectivity index (χ4v) is 4.18. The topological polar surface area (TPSA) is 121 Å². The van der Waals surface area contributed by atoms with Crippen LogP contribution in [0, 0.1) is 0 Å². The second-order valence-electron chi connectivity index (χ2n) is 5.30. The van der Waals surface area contributed by atoms with Gasteiger partial charge in [-0.1, -0.05) is 19.6 Å². The van der Waals surface area contributed by atoms with Crippen LogP contribution in [-0.2, 0) is 32.8 Å². The van der Waals surface area contributed by atoms with Gasteiger partial charge in [-0.15, -0.1) is 0 Å². The third kappa shape index (κ3) is 4.73. The maximum absolute atomic E-state index is 13.6. The molecule has 0 N–H and O–H groups in total. The number of esters is 1. The SMILES string of the molecule is C=CCOC=C(OP(=O)(N1CCOC1=O)N1CCOC1=O)C(=O)OCCC. The van der Waals surface area contributed by atoms with Gasteiger partial charge < -0.3 is 23.5 Å². The first-order valence-electron chi connectivity index (χ1n) is 8.23. The summed E-state index contributed by atoms with van der Waals surface area (Å²) in [4.78, 5) is 36.2. The van der Waals surface area contributed by atoms with Crippen molar-refractivity contribution in [1.82, 2.24) is 9.34 Å². The molecule has 0 atom stereocenters. The normalized spacial score (nSPS) is 17.4. The minimum atomic E-state index is -4.38. The standard InChI is InChI=1S/C15H21N2O9P/c1-3-7-22-11-12(13(18)23-8-4-2)26-27(21,16-5-9-24-14(16)19)17-6-10-25-15(17)20/h3,11H,1,4-10H2,2H3. The van der Waals surface area contributed by atoms with Crippen LogP contribution in [0.15, 0.2) is 24.7 Å². The van der Waals surface area contributed by atoms with E-state index in [4.69, 9.17) is 23.5 Å². The Morgan fingerprint density at radius 2 is 1.81 bits per heavy atom. The van der Waals surface area contributed by atoms with Crippen molar-refractivity contribution in [3.63, 3.8) is 0 Å². The van der Waals surface area contributed by atoms with E-state index in [-0.39, 0.29) is 39.5 Å². The predicted octanol–water partition coefficient (Wildman–Crippen LogP) is 2.01. The van der Waals surface area contributed by atoms with Crippen LogP contribution < -0.4 is 0 Å². The molecule has 2 aliphatic heterocycles. The highest BCUT2D eigenvalue weighted by molar-refractivity contribution is 7.55. The van der Waals surface area contributed by atoms with Gasteiger partial charge in [-0.2, -0.15) is 0 Å². The lowest BCUT2D eigenvalue weighted by atomic mass is 10.5. The number of carbonyl (C=O) groups excluding carboxylic acids is 3. The minimum Gasteiger partial charge on any atom is -0.493 e. The zero-order valence-electron chi connectivity index (χ0n) is 14.8. The lowest BCUT2D eigenvalue weighted by molar-refractivity contribution is -0.142. The molecule has 27 heavy (non-hydrogen) atoms. The minimum absolute atomic E-state index is 0.0374. The Morgan fingerprint density at radius 3 is 2.26 bits per heavy atom. The predicted molar refractivity (Wildman–Crippen MR) is 90.3 cm³/mol. The molecule has 12 heteroatoms. The molecule has 0 radical (unpaired) electrons. The quantitative estimate of drug-likeness (QED) is 0.102. The number of nitrogens with zero attached hydrogens (tertiary/aromatic N) is 2. The van der Waals surface area contributed by atoms with Crippen LogP contribution in [0.1, 0.15) is 13.3 Å². The van der Waals surface area contributed by atoms with E-state index in [0.717, 1.165) is 15.6 Å². The van der Waals surface area contributed by atoms with Gasteiger partial charge in [0.25, 0.3) is 0 Å². The van der Waals surface area contributed by atoms with Crippen LogP contribution in [0.5, 0.6) is 0 Å². The molecule has 0 saturated carbocycles. The van der Waals surface area contributed by atoms with Crippen molar-refractivity contribution < 1.29 is 42.4 Å². The van der Waals surface area contributed by atoms with Gasteiger partial charge in [0.1, 0.15) is 26.1 Å². The summed E-state index contributed by atoms with van der Waals surface area (Å²) in [6.07, 6.45) is 0.981. The second-order valence-corrected chi connectivity index (χ2v) is 7.43. The smallest absolute Gasteiger partial charge is 0.459 e. The molecule has 2 saturated heterocycles. The van der Waals surface area contributed by atoms with Gasteiger partial charge in [-0.3, -0.25) is 0 Å². The van der Waals surface area contributed by atoms with Crippen LogP contribution in [0.25, 0.3) is 0 Å². The summed E-state index contributed by atoms with van der Waals surface area (Å²) >= 11 is 0. The largest absolute Gasteiger partial charge is 0.493 e. The summed E-state index contributed by atoms with van der Waals surface area (Å²) in [5.41, 5.74) is 0. The average molecular weight is 404 g/mol. The summed E-state index contributed by atoms with van der Waals surface area (Å²) in [7, 11) is -4.38. The number of ether oxygens (including phenoxy) is 4. The van der Waals surface area contributed by atoms with E-state index >= 15 is 0 Å². The summed E-state index contributed by atoms with van der Waals surface area (Å²) in [5, 5.41) is 0. The van der Waals surface area contributed by atoms with Crippen LogP contribution in [0.4, 0.5) is 9.59 Å². The lowest BCUT2D eigenvalue weighted by Crippen LogP contribution is -2.35. The Labute approximate surface area is 156 Å². The van der Waals surface area contributed by atoms with Crippen molar-refractivity contribution in [3.8, 4) is 0 Å². The van der Waals surface area contributed by atoms with Crippen molar-refractivity contribution in [3.05, 3.63) is 24.7 Å². The summed E-state index contributed by atoms with van der Waals surface area (Å²) in [6.45, 7) is 5.11. The van der Waals surface area contributed by atoms with Crippen molar-refractivity contribution in [1.29, 1.82) is 0 Å². The first-order chi connectivity index (χ1) is 12.9. The van der Waals surface area contributed by atoms with Gasteiger partial charge in [0.15, 0.2) is 0 Å². The van der Waals surface area contributed by atoms with E-state index in [1.165, 1.54) is 6.08 Å². The number of carbonyl (C=O) groups is 3. The third-order valence-electron chi connectivity index (χ3n) is 3.35. The van der Waals surface area contributed by atoms with Crippen LogP contribution in [-0.4, -0.2) is 67.0 Å². The average Bonchev–Trinajstić information content (AvgIpc) is 3.27. The van der Waals surface area contributed by atoms with Crippen molar-refractivity contribution in [2.45, 2.75) is 13.3 Å². The van der Waals surface area contributed by atoms with E-state index in [2.05, 4.69) is 6.58 Å². The van der Waals surface area contributed by atoms with Gasteiger partial charge in [0.05, 0.1) is 19.7 Å². The van der Waals surface area contributed by atoms with Crippen LogP contribution in [0.2, 0.25) is 0 Å².